The molecule has 1 heterocycles. The summed E-state index contributed by atoms with van der Waals surface area (Å²) in [4.78, 5) is 24.7. The molecular formula is C13H9ClN2O5. The summed E-state index contributed by atoms with van der Waals surface area (Å²) in [6.07, 6.45) is 0.997. The zero-order valence-corrected chi connectivity index (χ0v) is 11.3. The zero-order valence-electron chi connectivity index (χ0n) is 10.5. The first-order valence-electron chi connectivity index (χ1n) is 5.73. The maximum Gasteiger partial charge on any atom is 0.337 e. The first-order valence-corrected chi connectivity index (χ1v) is 6.10. The summed E-state index contributed by atoms with van der Waals surface area (Å²) in [5.41, 5.74) is -0.161. The molecule has 0 bridgehead atoms. The topological polar surface area (TPSA) is 103 Å². The fourth-order valence-electron chi connectivity index (χ4n) is 1.56. The van der Waals surface area contributed by atoms with E-state index in [1.54, 1.807) is 24.3 Å². The minimum atomic E-state index is -1.30. The van der Waals surface area contributed by atoms with Crippen molar-refractivity contribution >= 4 is 23.3 Å². The number of aromatic carboxylic acids is 1. The van der Waals surface area contributed by atoms with Gasteiger partial charge in [0.05, 0.1) is 10.5 Å². The molecule has 0 aliphatic carbocycles. The number of hydrogen-bond acceptors (Lipinski definition) is 5. The van der Waals surface area contributed by atoms with Gasteiger partial charge in [-0.05, 0) is 6.07 Å². The number of aromatic nitrogens is 1. The maximum absolute atomic E-state index is 10.9. The number of carboxylic acids is 1. The molecule has 0 aliphatic heterocycles. The Morgan fingerprint density at radius 2 is 2.14 bits per heavy atom. The average Bonchev–Trinajstić information content (AvgIpc) is 2.46. The lowest BCUT2D eigenvalue weighted by Gasteiger charge is -2.07. The summed E-state index contributed by atoms with van der Waals surface area (Å²) in [7, 11) is 0. The maximum atomic E-state index is 10.9. The molecule has 2 rings (SSSR count). The van der Waals surface area contributed by atoms with E-state index in [9.17, 15) is 14.9 Å². The second kappa shape index (κ2) is 6.19. The number of carbonyl (C=O) groups is 1. The number of nitro groups is 1. The van der Waals surface area contributed by atoms with Gasteiger partial charge in [0, 0.05) is 22.8 Å². The molecule has 0 spiro atoms. The molecule has 1 N–H and O–H groups in total. The van der Waals surface area contributed by atoms with Crippen LogP contribution in [-0.2, 0) is 6.61 Å². The van der Waals surface area contributed by atoms with Crippen molar-refractivity contribution in [1.29, 1.82) is 0 Å². The first kappa shape index (κ1) is 14.7. The lowest BCUT2D eigenvalue weighted by atomic mass is 10.2. The molecule has 0 unspecified atom stereocenters. The van der Waals surface area contributed by atoms with E-state index in [-0.39, 0.29) is 18.1 Å². The normalized spacial score (nSPS) is 10.1. The van der Waals surface area contributed by atoms with E-state index in [0.29, 0.717) is 10.6 Å². The largest absolute Gasteiger partial charge is 0.478 e. The van der Waals surface area contributed by atoms with Gasteiger partial charge in [0.1, 0.15) is 6.61 Å². The molecule has 0 radical (unpaired) electrons. The number of ether oxygens (including phenoxy) is 1. The van der Waals surface area contributed by atoms with Crippen molar-refractivity contribution in [1.82, 2.24) is 4.98 Å². The predicted molar refractivity (Wildman–Crippen MR) is 73.6 cm³/mol. The highest BCUT2D eigenvalue weighted by Gasteiger charge is 2.20. The highest BCUT2D eigenvalue weighted by atomic mass is 35.5. The highest BCUT2D eigenvalue weighted by Crippen LogP contribution is 2.26. The number of rotatable bonds is 5. The van der Waals surface area contributed by atoms with Gasteiger partial charge >= 0.3 is 11.7 Å². The van der Waals surface area contributed by atoms with Crippen molar-refractivity contribution in [3.8, 4) is 5.88 Å². The Morgan fingerprint density at radius 1 is 1.43 bits per heavy atom. The quantitative estimate of drug-likeness (QED) is 0.673. The van der Waals surface area contributed by atoms with Crippen LogP contribution in [0.2, 0.25) is 5.02 Å². The van der Waals surface area contributed by atoms with Crippen molar-refractivity contribution in [3.63, 3.8) is 0 Å². The molecule has 0 saturated carbocycles. The lowest BCUT2D eigenvalue weighted by Crippen LogP contribution is -2.04. The Kier molecular flexibility index (Phi) is 4.34. The Hall–Kier alpha value is -2.67. The van der Waals surface area contributed by atoms with Crippen molar-refractivity contribution in [2.75, 3.05) is 0 Å². The number of nitrogens with zero attached hydrogens (tertiary/aromatic N) is 2. The van der Waals surface area contributed by atoms with Crippen LogP contribution in [0.5, 0.6) is 5.88 Å². The summed E-state index contributed by atoms with van der Waals surface area (Å²) in [6, 6.07) is 7.76. The number of halogens is 1. The van der Waals surface area contributed by atoms with E-state index in [4.69, 9.17) is 21.4 Å². The van der Waals surface area contributed by atoms with E-state index in [1.165, 1.54) is 0 Å². The number of carboxylic acid groups (broad SMARTS) is 1. The molecule has 7 nitrogen and oxygen atoms in total. The van der Waals surface area contributed by atoms with Gasteiger partial charge in [-0.1, -0.05) is 29.8 Å². The SMILES string of the molecule is O=C(O)c1cnc(OCc2ccccc2Cl)c([N+](=O)[O-])c1. The van der Waals surface area contributed by atoms with Crippen molar-refractivity contribution in [2.24, 2.45) is 0 Å². The molecule has 0 fully saturated rings. The van der Waals surface area contributed by atoms with Gasteiger partial charge in [-0.15, -0.1) is 0 Å². The first-order chi connectivity index (χ1) is 9.99. The van der Waals surface area contributed by atoms with Crippen LogP contribution in [-0.4, -0.2) is 21.0 Å². The fraction of sp³-hybridized carbons (Fsp3) is 0.0769. The molecule has 0 amide bonds. The van der Waals surface area contributed by atoms with E-state index in [0.717, 1.165) is 12.3 Å². The standard InChI is InChI=1S/C13H9ClN2O5/c14-10-4-2-1-3-8(10)7-21-12-11(16(19)20)5-9(6-15-12)13(17)18/h1-6H,7H2,(H,17,18). The molecule has 8 heteroatoms. The molecule has 0 saturated heterocycles. The van der Waals surface area contributed by atoms with E-state index in [1.807, 2.05) is 0 Å². The number of pyridine rings is 1. The summed E-state index contributed by atoms with van der Waals surface area (Å²) in [6.45, 7) is -0.0140. The minimum Gasteiger partial charge on any atom is -0.478 e. The van der Waals surface area contributed by atoms with Crippen LogP contribution >= 0.6 is 11.6 Å². The smallest absolute Gasteiger partial charge is 0.337 e. The molecule has 1 aromatic heterocycles. The Labute approximate surface area is 123 Å². The van der Waals surface area contributed by atoms with Gasteiger partial charge in [0.2, 0.25) is 0 Å². The van der Waals surface area contributed by atoms with Gasteiger partial charge in [-0.3, -0.25) is 10.1 Å². The Morgan fingerprint density at radius 3 is 2.76 bits per heavy atom. The van der Waals surface area contributed by atoms with Gasteiger partial charge in [-0.2, -0.15) is 0 Å². The summed E-state index contributed by atoms with van der Waals surface area (Å²) >= 11 is 5.95. The van der Waals surface area contributed by atoms with Gasteiger partial charge in [0.25, 0.3) is 5.88 Å². The third-order valence-electron chi connectivity index (χ3n) is 2.60. The second-order valence-electron chi connectivity index (χ2n) is 3.99. The van der Waals surface area contributed by atoms with E-state index < -0.39 is 16.6 Å². The predicted octanol–water partition coefficient (Wildman–Crippen LogP) is 2.92. The Bertz CT molecular complexity index is 705. The molecule has 0 aliphatic rings. The monoisotopic (exact) mass is 308 g/mol. The molecule has 21 heavy (non-hydrogen) atoms. The van der Waals surface area contributed by atoms with Crippen molar-refractivity contribution in [2.45, 2.75) is 6.61 Å². The highest BCUT2D eigenvalue weighted by molar-refractivity contribution is 6.31. The lowest BCUT2D eigenvalue weighted by molar-refractivity contribution is -0.386. The Balaban J connectivity index is 2.26. The summed E-state index contributed by atoms with van der Waals surface area (Å²) in [5, 5.41) is 20.2. The van der Waals surface area contributed by atoms with Crippen LogP contribution in [0.25, 0.3) is 0 Å². The van der Waals surface area contributed by atoms with E-state index in [2.05, 4.69) is 4.98 Å². The van der Waals surface area contributed by atoms with Crippen LogP contribution in [0.15, 0.2) is 36.5 Å². The van der Waals surface area contributed by atoms with Gasteiger partial charge < -0.3 is 9.84 Å². The van der Waals surface area contributed by atoms with Crippen molar-refractivity contribution < 1.29 is 19.6 Å². The number of hydrogen-bond donors (Lipinski definition) is 1. The second-order valence-corrected chi connectivity index (χ2v) is 4.40. The number of benzene rings is 1. The third-order valence-corrected chi connectivity index (χ3v) is 2.97. The molecule has 108 valence electrons. The molecule has 2 aromatic rings. The average molecular weight is 309 g/mol. The van der Waals surface area contributed by atoms with Crippen LogP contribution in [0, 0.1) is 10.1 Å². The fourth-order valence-corrected chi connectivity index (χ4v) is 1.75. The van der Waals surface area contributed by atoms with E-state index >= 15 is 0 Å². The molecule has 1 aromatic carbocycles. The third kappa shape index (κ3) is 3.46. The van der Waals surface area contributed by atoms with Crippen LogP contribution in [0.1, 0.15) is 15.9 Å². The van der Waals surface area contributed by atoms with Gasteiger partial charge in [0.15, 0.2) is 0 Å². The van der Waals surface area contributed by atoms with Crippen LogP contribution in [0.3, 0.4) is 0 Å². The summed E-state index contributed by atoms with van der Waals surface area (Å²) < 4.78 is 5.27. The minimum absolute atomic E-state index is 0.0140. The summed E-state index contributed by atoms with van der Waals surface area (Å²) in [5.74, 6) is -1.56. The van der Waals surface area contributed by atoms with Crippen molar-refractivity contribution in [3.05, 3.63) is 62.8 Å². The molecular weight excluding hydrogens is 300 g/mol. The van der Waals surface area contributed by atoms with Crippen LogP contribution in [0.4, 0.5) is 5.69 Å². The van der Waals surface area contributed by atoms with Gasteiger partial charge in [-0.25, -0.2) is 9.78 Å². The molecule has 0 atom stereocenters. The zero-order chi connectivity index (χ0) is 15.4. The van der Waals surface area contributed by atoms with Crippen LogP contribution < -0.4 is 4.74 Å².